The van der Waals surface area contributed by atoms with Gasteiger partial charge in [0.25, 0.3) is 0 Å². The molecule has 92 valence electrons. The largest absolute Gasteiger partial charge is 0.310 e. The third-order valence-corrected chi connectivity index (χ3v) is 3.08. The fourth-order valence-electron chi connectivity index (χ4n) is 1.63. The summed E-state index contributed by atoms with van der Waals surface area (Å²) in [5, 5.41) is 12.4. The van der Waals surface area contributed by atoms with Gasteiger partial charge in [-0.1, -0.05) is 29.8 Å². The van der Waals surface area contributed by atoms with Crippen molar-refractivity contribution in [1.29, 1.82) is 5.26 Å². The van der Waals surface area contributed by atoms with Gasteiger partial charge in [-0.2, -0.15) is 5.26 Å². The Hall–Kier alpha value is -1.33. The van der Waals surface area contributed by atoms with E-state index < -0.39 is 0 Å². The summed E-state index contributed by atoms with van der Waals surface area (Å²) in [5.74, 6) is 0. The van der Waals surface area contributed by atoms with E-state index >= 15 is 0 Å². The van der Waals surface area contributed by atoms with Crippen molar-refractivity contribution in [3.63, 3.8) is 0 Å². The van der Waals surface area contributed by atoms with E-state index in [1.54, 1.807) is 0 Å². The molecule has 0 aromatic heterocycles. The van der Waals surface area contributed by atoms with E-state index in [1.807, 2.05) is 13.8 Å². The first-order chi connectivity index (χ1) is 7.94. The zero-order chi connectivity index (χ0) is 12.9. The second kappa shape index (κ2) is 5.84. The topological polar surface area (TPSA) is 35.8 Å². The van der Waals surface area contributed by atoms with Crippen LogP contribution in [0.25, 0.3) is 0 Å². The van der Waals surface area contributed by atoms with Crippen LogP contribution in [0.15, 0.2) is 24.3 Å². The molecular formula is C15H22N2. The second-order valence-corrected chi connectivity index (χ2v) is 5.33. The first-order valence-corrected chi connectivity index (χ1v) is 6.16. The minimum atomic E-state index is -0.236. The van der Waals surface area contributed by atoms with E-state index in [4.69, 9.17) is 5.26 Å². The first kappa shape index (κ1) is 13.7. The van der Waals surface area contributed by atoms with Gasteiger partial charge in [0, 0.05) is 6.04 Å². The lowest BCUT2D eigenvalue weighted by Gasteiger charge is -2.19. The van der Waals surface area contributed by atoms with Gasteiger partial charge in [0.1, 0.15) is 0 Å². The number of nitrogens with zero attached hydrogens (tertiary/aromatic N) is 1. The Bertz CT molecular complexity index is 384. The molecule has 0 saturated heterocycles. The molecular weight excluding hydrogens is 208 g/mol. The quantitative estimate of drug-likeness (QED) is 0.839. The van der Waals surface area contributed by atoms with E-state index in [9.17, 15) is 0 Å². The zero-order valence-electron chi connectivity index (χ0n) is 11.2. The normalized spacial score (nSPS) is 13.1. The lowest BCUT2D eigenvalue weighted by atomic mass is 9.91. The molecule has 1 atom stereocenters. The zero-order valence-corrected chi connectivity index (χ0v) is 11.2. The predicted octanol–water partition coefficient (Wildman–Crippen LogP) is 3.59. The van der Waals surface area contributed by atoms with Crippen LogP contribution in [0.5, 0.6) is 0 Å². The Balaban J connectivity index is 2.43. The maximum Gasteiger partial charge on any atom is 0.0684 e. The summed E-state index contributed by atoms with van der Waals surface area (Å²) in [6.45, 7) is 9.08. The average molecular weight is 230 g/mol. The molecule has 0 aliphatic heterocycles. The molecule has 0 radical (unpaired) electrons. The number of nitrogens with one attached hydrogen (secondary N) is 1. The van der Waals surface area contributed by atoms with Crippen molar-refractivity contribution in [2.24, 2.45) is 5.41 Å². The minimum absolute atomic E-state index is 0.236. The Morgan fingerprint density at radius 1 is 1.29 bits per heavy atom. The molecule has 2 heteroatoms. The standard InChI is InChI=1S/C15H22N2/c1-12-5-7-14(8-6-12)13(2)17-10-9-15(3,4)11-16/h5-8,13,17H,9-10H2,1-4H3/t13-/m1/s1. The van der Waals surface area contributed by atoms with Crippen LogP contribution in [-0.4, -0.2) is 6.54 Å². The van der Waals surface area contributed by atoms with E-state index in [0.717, 1.165) is 13.0 Å². The minimum Gasteiger partial charge on any atom is -0.310 e. The van der Waals surface area contributed by atoms with Crippen LogP contribution < -0.4 is 5.32 Å². The van der Waals surface area contributed by atoms with Crippen LogP contribution in [0.4, 0.5) is 0 Å². The number of hydrogen-bond acceptors (Lipinski definition) is 2. The summed E-state index contributed by atoms with van der Waals surface area (Å²) in [6, 6.07) is 11.2. The summed E-state index contributed by atoms with van der Waals surface area (Å²) in [5.41, 5.74) is 2.34. The van der Waals surface area contributed by atoms with Crippen LogP contribution in [0.2, 0.25) is 0 Å². The molecule has 0 fully saturated rings. The number of rotatable bonds is 5. The van der Waals surface area contributed by atoms with Crippen molar-refractivity contribution in [2.75, 3.05) is 6.54 Å². The molecule has 0 unspecified atom stereocenters. The molecule has 0 aliphatic carbocycles. The Labute approximate surface area is 105 Å². The molecule has 17 heavy (non-hydrogen) atoms. The van der Waals surface area contributed by atoms with Crippen molar-refractivity contribution >= 4 is 0 Å². The molecule has 1 rings (SSSR count). The first-order valence-electron chi connectivity index (χ1n) is 6.16. The van der Waals surface area contributed by atoms with Gasteiger partial charge in [-0.25, -0.2) is 0 Å². The SMILES string of the molecule is Cc1ccc([C@@H](C)NCCC(C)(C)C#N)cc1. The molecule has 0 bridgehead atoms. The second-order valence-electron chi connectivity index (χ2n) is 5.33. The fourth-order valence-corrected chi connectivity index (χ4v) is 1.63. The lowest BCUT2D eigenvalue weighted by Crippen LogP contribution is -2.24. The highest BCUT2D eigenvalue weighted by atomic mass is 14.9. The van der Waals surface area contributed by atoms with Crippen LogP contribution in [0.1, 0.15) is 44.4 Å². The molecule has 2 nitrogen and oxygen atoms in total. The third-order valence-electron chi connectivity index (χ3n) is 3.08. The van der Waals surface area contributed by atoms with Crippen molar-refractivity contribution in [3.05, 3.63) is 35.4 Å². The smallest absolute Gasteiger partial charge is 0.0684 e. The van der Waals surface area contributed by atoms with Gasteiger partial charge in [-0.15, -0.1) is 0 Å². The summed E-state index contributed by atoms with van der Waals surface area (Å²) < 4.78 is 0. The summed E-state index contributed by atoms with van der Waals surface area (Å²) >= 11 is 0. The van der Waals surface area contributed by atoms with E-state index in [0.29, 0.717) is 6.04 Å². The van der Waals surface area contributed by atoms with Gasteiger partial charge in [-0.3, -0.25) is 0 Å². The molecule has 0 spiro atoms. The highest BCUT2D eigenvalue weighted by molar-refractivity contribution is 5.23. The number of benzene rings is 1. The maximum atomic E-state index is 8.93. The third kappa shape index (κ3) is 4.58. The molecule has 1 N–H and O–H groups in total. The predicted molar refractivity (Wildman–Crippen MR) is 71.6 cm³/mol. The number of hydrogen-bond donors (Lipinski definition) is 1. The lowest BCUT2D eigenvalue weighted by molar-refractivity contribution is 0.416. The van der Waals surface area contributed by atoms with Crippen molar-refractivity contribution in [2.45, 2.75) is 40.2 Å². The Kier molecular flexibility index (Phi) is 4.72. The number of aryl methyl sites for hydroxylation is 1. The molecule has 0 aliphatic rings. The highest BCUT2D eigenvalue weighted by Crippen LogP contribution is 2.19. The molecule has 0 saturated carbocycles. The Morgan fingerprint density at radius 3 is 2.41 bits per heavy atom. The van der Waals surface area contributed by atoms with Crippen molar-refractivity contribution in [3.8, 4) is 6.07 Å². The summed E-state index contributed by atoms with van der Waals surface area (Å²) in [7, 11) is 0. The Morgan fingerprint density at radius 2 is 1.88 bits per heavy atom. The van der Waals surface area contributed by atoms with Crippen LogP contribution >= 0.6 is 0 Å². The van der Waals surface area contributed by atoms with Gasteiger partial charge in [-0.05, 0) is 46.2 Å². The molecule has 0 amide bonds. The average Bonchev–Trinajstić information content (AvgIpc) is 2.29. The molecule has 1 aromatic rings. The number of nitriles is 1. The van der Waals surface area contributed by atoms with Crippen LogP contribution in [-0.2, 0) is 0 Å². The maximum absolute atomic E-state index is 8.93. The molecule has 0 heterocycles. The highest BCUT2D eigenvalue weighted by Gasteiger charge is 2.16. The van der Waals surface area contributed by atoms with Crippen LogP contribution in [0.3, 0.4) is 0 Å². The monoisotopic (exact) mass is 230 g/mol. The van der Waals surface area contributed by atoms with Crippen LogP contribution in [0, 0.1) is 23.7 Å². The van der Waals surface area contributed by atoms with Gasteiger partial charge in [0.15, 0.2) is 0 Å². The van der Waals surface area contributed by atoms with Gasteiger partial charge in [0.05, 0.1) is 11.5 Å². The van der Waals surface area contributed by atoms with Gasteiger partial charge >= 0.3 is 0 Å². The van der Waals surface area contributed by atoms with Gasteiger partial charge in [0.2, 0.25) is 0 Å². The van der Waals surface area contributed by atoms with Crippen molar-refractivity contribution in [1.82, 2.24) is 5.32 Å². The van der Waals surface area contributed by atoms with Gasteiger partial charge < -0.3 is 5.32 Å². The molecule has 1 aromatic carbocycles. The van der Waals surface area contributed by atoms with E-state index in [-0.39, 0.29) is 5.41 Å². The van der Waals surface area contributed by atoms with Crippen molar-refractivity contribution < 1.29 is 0 Å². The van der Waals surface area contributed by atoms with E-state index in [2.05, 4.69) is 49.5 Å². The summed E-state index contributed by atoms with van der Waals surface area (Å²) in [4.78, 5) is 0. The fraction of sp³-hybridized carbons (Fsp3) is 0.533. The summed E-state index contributed by atoms with van der Waals surface area (Å²) in [6.07, 6.45) is 0.875. The van der Waals surface area contributed by atoms with E-state index in [1.165, 1.54) is 11.1 Å².